The van der Waals surface area contributed by atoms with Crippen LogP contribution in [-0.4, -0.2) is 24.8 Å². The molecule has 5 heteroatoms. The lowest BCUT2D eigenvalue weighted by Crippen LogP contribution is -2.16. The number of carboxylic acids is 1. The van der Waals surface area contributed by atoms with Gasteiger partial charge in [0.1, 0.15) is 12.4 Å². The summed E-state index contributed by atoms with van der Waals surface area (Å²) >= 11 is 6.15. The van der Waals surface area contributed by atoms with Gasteiger partial charge in [0, 0.05) is 0 Å². The number of hydrogen-bond donors (Lipinski definition) is 1. The van der Waals surface area contributed by atoms with Crippen LogP contribution in [0.3, 0.4) is 0 Å². The van der Waals surface area contributed by atoms with Crippen LogP contribution in [0.25, 0.3) is 0 Å². The number of rotatable bonds is 6. The van der Waals surface area contributed by atoms with Crippen molar-refractivity contribution in [2.45, 2.75) is 20.0 Å². The average Bonchev–Trinajstić information content (AvgIpc) is 2.30. The molecule has 0 aliphatic carbocycles. The number of benzene rings is 1. The second-order valence-corrected chi connectivity index (χ2v) is 4.66. The maximum atomic E-state index is 10.6. The summed E-state index contributed by atoms with van der Waals surface area (Å²) in [6.45, 7) is 3.56. The summed E-state index contributed by atoms with van der Waals surface area (Å²) in [6.07, 6.45) is -0.348. The zero-order valence-corrected chi connectivity index (χ0v) is 11.4. The Kier molecular flexibility index (Phi) is 5.44. The lowest BCUT2D eigenvalue weighted by Gasteiger charge is -2.22. The molecule has 0 aliphatic rings. The average molecular weight is 273 g/mol. The lowest BCUT2D eigenvalue weighted by atomic mass is 9.98. The molecule has 18 heavy (non-hydrogen) atoms. The van der Waals surface area contributed by atoms with Gasteiger partial charge in [0.05, 0.1) is 18.2 Å². The van der Waals surface area contributed by atoms with E-state index in [-0.39, 0.29) is 18.6 Å². The first-order chi connectivity index (χ1) is 8.45. The third-order valence-corrected chi connectivity index (χ3v) is 2.83. The van der Waals surface area contributed by atoms with E-state index in [4.69, 9.17) is 26.2 Å². The number of hydrogen-bond acceptors (Lipinski definition) is 3. The van der Waals surface area contributed by atoms with Crippen molar-refractivity contribution in [1.29, 1.82) is 0 Å². The molecule has 100 valence electrons. The highest BCUT2D eigenvalue weighted by molar-refractivity contribution is 6.31. The van der Waals surface area contributed by atoms with Crippen LogP contribution in [0.2, 0.25) is 5.02 Å². The Labute approximate surface area is 111 Å². The third-order valence-electron chi connectivity index (χ3n) is 2.51. The van der Waals surface area contributed by atoms with Gasteiger partial charge in [-0.05, 0) is 23.6 Å². The molecule has 1 N–H and O–H groups in total. The van der Waals surface area contributed by atoms with Crippen LogP contribution in [0, 0.1) is 5.92 Å². The summed E-state index contributed by atoms with van der Waals surface area (Å²) in [5, 5.41) is 9.18. The van der Waals surface area contributed by atoms with E-state index in [1.807, 2.05) is 13.8 Å². The quantitative estimate of drug-likeness (QED) is 0.864. The van der Waals surface area contributed by atoms with Crippen LogP contribution in [-0.2, 0) is 9.53 Å². The Morgan fingerprint density at radius 1 is 1.44 bits per heavy atom. The van der Waals surface area contributed by atoms with Gasteiger partial charge in [-0.25, -0.2) is 4.79 Å². The zero-order valence-electron chi connectivity index (χ0n) is 10.6. The second kappa shape index (κ2) is 6.61. The third kappa shape index (κ3) is 3.89. The van der Waals surface area contributed by atoms with Gasteiger partial charge in [-0.3, -0.25) is 0 Å². The van der Waals surface area contributed by atoms with Crippen molar-refractivity contribution in [2.24, 2.45) is 5.92 Å². The first-order valence-corrected chi connectivity index (χ1v) is 6.00. The number of halogens is 1. The van der Waals surface area contributed by atoms with E-state index < -0.39 is 5.97 Å². The monoisotopic (exact) mass is 272 g/mol. The van der Waals surface area contributed by atoms with E-state index in [0.717, 1.165) is 5.56 Å². The van der Waals surface area contributed by atoms with Crippen molar-refractivity contribution in [3.63, 3.8) is 0 Å². The molecule has 0 fully saturated rings. The number of ether oxygens (including phenoxy) is 2. The van der Waals surface area contributed by atoms with Gasteiger partial charge >= 0.3 is 5.97 Å². The fraction of sp³-hybridized carbons (Fsp3) is 0.462. The van der Waals surface area contributed by atoms with Crippen molar-refractivity contribution < 1.29 is 19.4 Å². The fourth-order valence-corrected chi connectivity index (χ4v) is 1.95. The van der Waals surface area contributed by atoms with Crippen molar-refractivity contribution in [2.75, 3.05) is 13.7 Å². The van der Waals surface area contributed by atoms with Gasteiger partial charge in [0.25, 0.3) is 0 Å². The van der Waals surface area contributed by atoms with Gasteiger partial charge in [-0.2, -0.15) is 0 Å². The predicted molar refractivity (Wildman–Crippen MR) is 69.2 cm³/mol. The second-order valence-electron chi connectivity index (χ2n) is 4.26. The normalized spacial score (nSPS) is 12.5. The minimum Gasteiger partial charge on any atom is -0.497 e. The summed E-state index contributed by atoms with van der Waals surface area (Å²) in [7, 11) is 1.56. The topological polar surface area (TPSA) is 55.8 Å². The molecule has 0 aromatic heterocycles. The molecule has 0 radical (unpaired) electrons. The van der Waals surface area contributed by atoms with E-state index in [1.54, 1.807) is 25.3 Å². The highest BCUT2D eigenvalue weighted by Gasteiger charge is 2.20. The van der Waals surface area contributed by atoms with Crippen molar-refractivity contribution >= 4 is 17.6 Å². The minimum absolute atomic E-state index is 0.121. The maximum Gasteiger partial charge on any atom is 0.329 e. The van der Waals surface area contributed by atoms with Gasteiger partial charge in [-0.15, -0.1) is 0 Å². The van der Waals surface area contributed by atoms with Gasteiger partial charge < -0.3 is 14.6 Å². The Bertz CT molecular complexity index is 417. The van der Waals surface area contributed by atoms with Crippen LogP contribution in [0.1, 0.15) is 25.5 Å². The highest BCUT2D eigenvalue weighted by Crippen LogP contribution is 2.33. The van der Waals surface area contributed by atoms with E-state index >= 15 is 0 Å². The van der Waals surface area contributed by atoms with Crippen molar-refractivity contribution in [1.82, 2.24) is 0 Å². The molecular weight excluding hydrogens is 256 g/mol. The molecule has 0 spiro atoms. The Balaban J connectivity index is 2.95. The molecule has 0 saturated heterocycles. The molecule has 1 aromatic rings. The fourth-order valence-electron chi connectivity index (χ4n) is 1.67. The number of carboxylic acid groups (broad SMARTS) is 1. The molecule has 0 aliphatic heterocycles. The van der Waals surface area contributed by atoms with Crippen molar-refractivity contribution in [3.8, 4) is 5.75 Å². The Hall–Kier alpha value is -1.26. The molecule has 0 bridgehead atoms. The van der Waals surface area contributed by atoms with Gasteiger partial charge in [0.15, 0.2) is 0 Å². The molecule has 0 heterocycles. The summed E-state index contributed by atoms with van der Waals surface area (Å²) in [5.41, 5.74) is 0.772. The van der Waals surface area contributed by atoms with Crippen LogP contribution in [0.5, 0.6) is 5.75 Å². The largest absolute Gasteiger partial charge is 0.497 e. The van der Waals surface area contributed by atoms with E-state index in [9.17, 15) is 4.79 Å². The first-order valence-electron chi connectivity index (χ1n) is 5.62. The van der Waals surface area contributed by atoms with Crippen LogP contribution in [0.4, 0.5) is 0 Å². The van der Waals surface area contributed by atoms with Crippen LogP contribution in [0.15, 0.2) is 18.2 Å². The number of methoxy groups -OCH3 is 1. The Morgan fingerprint density at radius 2 is 2.11 bits per heavy atom. The number of aliphatic carboxylic acids is 1. The summed E-state index contributed by atoms with van der Waals surface area (Å²) in [6, 6.07) is 5.27. The molecular formula is C13H17ClO4. The summed E-state index contributed by atoms with van der Waals surface area (Å²) < 4.78 is 10.4. The predicted octanol–water partition coefficient (Wildman–Crippen LogP) is 3.15. The molecule has 0 amide bonds. The Morgan fingerprint density at radius 3 is 2.56 bits per heavy atom. The summed E-state index contributed by atoms with van der Waals surface area (Å²) in [4.78, 5) is 10.6. The van der Waals surface area contributed by atoms with E-state index in [0.29, 0.717) is 10.8 Å². The highest BCUT2D eigenvalue weighted by atomic mass is 35.5. The van der Waals surface area contributed by atoms with Crippen LogP contribution >= 0.6 is 11.6 Å². The molecule has 1 aromatic carbocycles. The van der Waals surface area contributed by atoms with Gasteiger partial charge in [-0.1, -0.05) is 31.5 Å². The molecule has 0 saturated carbocycles. The SMILES string of the molecule is COc1ccc(C(OCC(=O)O)C(C)C)c(Cl)c1. The molecule has 4 nitrogen and oxygen atoms in total. The van der Waals surface area contributed by atoms with E-state index in [1.165, 1.54) is 0 Å². The maximum absolute atomic E-state index is 10.6. The minimum atomic E-state index is -0.995. The van der Waals surface area contributed by atoms with E-state index in [2.05, 4.69) is 0 Å². The first kappa shape index (κ1) is 14.8. The summed E-state index contributed by atoms with van der Waals surface area (Å²) in [5.74, 6) is -0.218. The standard InChI is InChI=1S/C13H17ClO4/c1-8(2)13(18-7-12(15)16)10-5-4-9(17-3)6-11(10)14/h4-6,8,13H,7H2,1-3H3,(H,15,16). The number of carbonyl (C=O) groups is 1. The smallest absolute Gasteiger partial charge is 0.329 e. The molecule has 1 unspecified atom stereocenters. The zero-order chi connectivity index (χ0) is 13.7. The molecule has 1 atom stereocenters. The molecule has 1 rings (SSSR count). The van der Waals surface area contributed by atoms with Gasteiger partial charge in [0.2, 0.25) is 0 Å². The van der Waals surface area contributed by atoms with Crippen molar-refractivity contribution in [3.05, 3.63) is 28.8 Å². The van der Waals surface area contributed by atoms with Crippen LogP contribution < -0.4 is 4.74 Å². The lowest BCUT2D eigenvalue weighted by molar-refractivity contribution is -0.145.